The van der Waals surface area contributed by atoms with E-state index in [4.69, 9.17) is 9.84 Å². The van der Waals surface area contributed by atoms with Gasteiger partial charge in [-0.2, -0.15) is 0 Å². The Balaban J connectivity index is 1.80. The maximum absolute atomic E-state index is 13.2. The monoisotopic (exact) mass is 299 g/mol. The number of rotatable bonds is 3. The molecule has 0 aliphatic carbocycles. The Labute approximate surface area is 126 Å². The van der Waals surface area contributed by atoms with Crippen LogP contribution in [-0.4, -0.2) is 17.6 Å². The highest BCUT2D eigenvalue weighted by Gasteiger charge is 2.17. The summed E-state index contributed by atoms with van der Waals surface area (Å²) in [5.74, 6) is -0.138. The van der Waals surface area contributed by atoms with E-state index in [1.807, 2.05) is 0 Å². The number of aliphatic hydroxyl groups excluding tert-OH is 1. The molecular formula is C17H14FNO3. The lowest BCUT2D eigenvalue weighted by atomic mass is 10.1. The summed E-state index contributed by atoms with van der Waals surface area (Å²) in [6.45, 7) is 0.0341. The SMILES string of the molecule is O=C(Nc1cccc(CO)c1)C1=Cc2cc(F)ccc2OC1. The zero-order chi connectivity index (χ0) is 15.5. The van der Waals surface area contributed by atoms with Crippen molar-refractivity contribution in [2.24, 2.45) is 0 Å². The minimum Gasteiger partial charge on any atom is -0.488 e. The second-order valence-corrected chi connectivity index (χ2v) is 4.95. The van der Waals surface area contributed by atoms with Crippen LogP contribution in [0.3, 0.4) is 0 Å². The van der Waals surface area contributed by atoms with Crippen molar-refractivity contribution in [2.75, 3.05) is 11.9 Å². The molecule has 0 fully saturated rings. The van der Waals surface area contributed by atoms with Gasteiger partial charge in [0.1, 0.15) is 18.2 Å². The van der Waals surface area contributed by atoms with E-state index in [0.717, 1.165) is 0 Å². The van der Waals surface area contributed by atoms with Gasteiger partial charge < -0.3 is 15.2 Å². The number of halogens is 1. The van der Waals surface area contributed by atoms with Crippen LogP contribution in [0.15, 0.2) is 48.0 Å². The second-order valence-electron chi connectivity index (χ2n) is 4.95. The Morgan fingerprint density at radius 1 is 1.27 bits per heavy atom. The van der Waals surface area contributed by atoms with Gasteiger partial charge in [-0.3, -0.25) is 4.79 Å². The van der Waals surface area contributed by atoms with Crippen LogP contribution in [0.2, 0.25) is 0 Å². The fraction of sp³-hybridized carbons (Fsp3) is 0.118. The van der Waals surface area contributed by atoms with Crippen LogP contribution in [0.25, 0.3) is 6.08 Å². The fourth-order valence-electron chi connectivity index (χ4n) is 2.24. The predicted molar refractivity (Wildman–Crippen MR) is 80.9 cm³/mol. The average Bonchev–Trinajstić information content (AvgIpc) is 2.54. The highest BCUT2D eigenvalue weighted by molar-refractivity contribution is 6.07. The number of nitrogens with one attached hydrogen (secondary N) is 1. The van der Waals surface area contributed by atoms with Crippen LogP contribution >= 0.6 is 0 Å². The highest BCUT2D eigenvalue weighted by Crippen LogP contribution is 2.27. The Hall–Kier alpha value is -2.66. The van der Waals surface area contributed by atoms with E-state index in [9.17, 15) is 9.18 Å². The summed E-state index contributed by atoms with van der Waals surface area (Å²) in [5, 5.41) is 11.8. The molecule has 112 valence electrons. The van der Waals surface area contributed by atoms with Gasteiger partial charge in [0.15, 0.2) is 0 Å². The lowest BCUT2D eigenvalue weighted by molar-refractivity contribution is -0.113. The fourth-order valence-corrected chi connectivity index (χ4v) is 2.24. The number of amides is 1. The van der Waals surface area contributed by atoms with Gasteiger partial charge in [0, 0.05) is 11.3 Å². The number of hydrogen-bond donors (Lipinski definition) is 2. The molecule has 0 atom stereocenters. The molecule has 5 heteroatoms. The minimum absolute atomic E-state index is 0.0951. The minimum atomic E-state index is -0.379. The number of benzene rings is 2. The summed E-state index contributed by atoms with van der Waals surface area (Å²) < 4.78 is 18.7. The molecule has 0 saturated heterocycles. The third-order valence-corrected chi connectivity index (χ3v) is 3.34. The van der Waals surface area contributed by atoms with Crippen molar-refractivity contribution < 1.29 is 19.0 Å². The van der Waals surface area contributed by atoms with E-state index < -0.39 is 0 Å². The van der Waals surface area contributed by atoms with E-state index in [0.29, 0.717) is 28.1 Å². The molecular weight excluding hydrogens is 285 g/mol. The summed E-state index contributed by atoms with van der Waals surface area (Å²) in [4.78, 5) is 12.2. The molecule has 2 aromatic rings. The van der Waals surface area contributed by atoms with Gasteiger partial charge in [-0.1, -0.05) is 12.1 Å². The molecule has 1 aliphatic heterocycles. The van der Waals surface area contributed by atoms with E-state index in [1.54, 1.807) is 36.4 Å². The number of anilines is 1. The molecule has 0 radical (unpaired) electrons. The van der Waals surface area contributed by atoms with Crippen LogP contribution in [0.1, 0.15) is 11.1 Å². The Morgan fingerprint density at radius 2 is 2.14 bits per heavy atom. The van der Waals surface area contributed by atoms with Crippen LogP contribution in [-0.2, 0) is 11.4 Å². The van der Waals surface area contributed by atoms with Crippen molar-refractivity contribution in [3.8, 4) is 5.75 Å². The second kappa shape index (κ2) is 5.99. The molecule has 0 aromatic heterocycles. The van der Waals surface area contributed by atoms with Crippen molar-refractivity contribution in [1.29, 1.82) is 0 Å². The van der Waals surface area contributed by atoms with E-state index in [1.165, 1.54) is 12.1 Å². The third kappa shape index (κ3) is 2.99. The summed E-state index contributed by atoms with van der Waals surface area (Å²) >= 11 is 0. The molecule has 0 spiro atoms. The Bertz CT molecular complexity index is 755. The highest BCUT2D eigenvalue weighted by atomic mass is 19.1. The Morgan fingerprint density at radius 3 is 2.95 bits per heavy atom. The Kier molecular flexibility index (Phi) is 3.89. The van der Waals surface area contributed by atoms with Crippen LogP contribution < -0.4 is 10.1 Å². The molecule has 2 aromatic carbocycles. The van der Waals surface area contributed by atoms with Gasteiger partial charge in [-0.25, -0.2) is 4.39 Å². The van der Waals surface area contributed by atoms with Crippen molar-refractivity contribution in [3.63, 3.8) is 0 Å². The van der Waals surface area contributed by atoms with Crippen molar-refractivity contribution in [2.45, 2.75) is 6.61 Å². The van der Waals surface area contributed by atoms with Crippen molar-refractivity contribution >= 4 is 17.7 Å². The first-order valence-electron chi connectivity index (χ1n) is 6.80. The van der Waals surface area contributed by atoms with E-state index >= 15 is 0 Å². The first-order chi connectivity index (χ1) is 10.7. The number of carbonyl (C=O) groups is 1. The maximum Gasteiger partial charge on any atom is 0.255 e. The standard InChI is InChI=1S/C17H14FNO3/c18-14-4-5-16-12(8-14)7-13(10-22-16)17(21)19-15-3-1-2-11(6-15)9-20/h1-8,20H,9-10H2,(H,19,21). The number of aliphatic hydroxyl groups is 1. The molecule has 1 aliphatic rings. The van der Waals surface area contributed by atoms with Crippen molar-refractivity contribution in [3.05, 3.63) is 65.0 Å². The smallest absolute Gasteiger partial charge is 0.255 e. The molecule has 0 unspecified atom stereocenters. The molecule has 0 bridgehead atoms. The average molecular weight is 299 g/mol. The maximum atomic E-state index is 13.2. The largest absolute Gasteiger partial charge is 0.488 e. The van der Waals surface area contributed by atoms with Crippen LogP contribution in [0.4, 0.5) is 10.1 Å². The number of ether oxygens (including phenoxy) is 1. The predicted octanol–water partition coefficient (Wildman–Crippen LogP) is 2.73. The summed E-state index contributed by atoms with van der Waals surface area (Å²) in [5.41, 5.74) is 2.24. The number of carbonyl (C=O) groups excluding carboxylic acids is 1. The molecule has 3 rings (SSSR count). The molecule has 22 heavy (non-hydrogen) atoms. The molecule has 2 N–H and O–H groups in total. The molecule has 4 nitrogen and oxygen atoms in total. The van der Waals surface area contributed by atoms with E-state index in [2.05, 4.69) is 5.32 Å². The zero-order valence-corrected chi connectivity index (χ0v) is 11.7. The zero-order valence-electron chi connectivity index (χ0n) is 11.7. The van der Waals surface area contributed by atoms with Gasteiger partial charge in [0.2, 0.25) is 0 Å². The van der Waals surface area contributed by atoms with Crippen LogP contribution in [0.5, 0.6) is 5.75 Å². The molecule has 0 saturated carbocycles. The molecule has 1 amide bonds. The summed E-state index contributed by atoms with van der Waals surface area (Å²) in [7, 11) is 0. The van der Waals surface area contributed by atoms with Gasteiger partial charge in [0.05, 0.1) is 12.2 Å². The topological polar surface area (TPSA) is 58.6 Å². The lowest BCUT2D eigenvalue weighted by Crippen LogP contribution is -2.21. The van der Waals surface area contributed by atoms with Crippen molar-refractivity contribution in [1.82, 2.24) is 0 Å². The molecule has 1 heterocycles. The lowest BCUT2D eigenvalue weighted by Gasteiger charge is -2.17. The quantitative estimate of drug-likeness (QED) is 0.916. The van der Waals surface area contributed by atoms with Gasteiger partial charge in [0.25, 0.3) is 5.91 Å². The first-order valence-corrected chi connectivity index (χ1v) is 6.80. The van der Waals surface area contributed by atoms with Gasteiger partial charge >= 0.3 is 0 Å². The summed E-state index contributed by atoms with van der Waals surface area (Å²) in [6.07, 6.45) is 1.62. The first kappa shape index (κ1) is 14.3. The summed E-state index contributed by atoms with van der Waals surface area (Å²) in [6, 6.07) is 11.1. The van der Waals surface area contributed by atoms with E-state index in [-0.39, 0.29) is 24.9 Å². The number of hydrogen-bond acceptors (Lipinski definition) is 3. The van der Waals surface area contributed by atoms with Gasteiger partial charge in [-0.05, 0) is 42.0 Å². The van der Waals surface area contributed by atoms with Gasteiger partial charge in [-0.15, -0.1) is 0 Å². The number of fused-ring (bicyclic) bond motifs is 1. The van der Waals surface area contributed by atoms with Crippen LogP contribution in [0, 0.1) is 5.82 Å². The normalized spacial score (nSPS) is 12.9. The third-order valence-electron chi connectivity index (χ3n) is 3.34.